The van der Waals surface area contributed by atoms with Gasteiger partial charge in [-0.3, -0.25) is 4.79 Å². The van der Waals surface area contributed by atoms with Crippen LogP contribution in [0, 0.1) is 23.7 Å². The van der Waals surface area contributed by atoms with Crippen LogP contribution < -0.4 is 0 Å². The first-order valence-corrected chi connectivity index (χ1v) is 5.51. The molecule has 15 heavy (non-hydrogen) atoms. The van der Waals surface area contributed by atoms with Gasteiger partial charge in [0.1, 0.15) is 0 Å². The molecule has 1 rings (SSSR count). The lowest BCUT2D eigenvalue weighted by Gasteiger charge is -2.28. The molecule has 88 valence electrons. The second-order valence-electron chi connectivity index (χ2n) is 4.58. The van der Waals surface area contributed by atoms with Crippen molar-refractivity contribution in [2.45, 2.75) is 33.5 Å². The standard InChI is InChI=1S/C11H20O4/c1-4-7-5-15-11(14)9(7)8(6(2)3)10(12)13/h6-9,11,14H,4-5H2,1-3H3,(H,12,13). The number of aliphatic hydroxyl groups excluding tert-OH is 1. The average molecular weight is 216 g/mol. The van der Waals surface area contributed by atoms with Crippen molar-refractivity contribution in [3.05, 3.63) is 0 Å². The van der Waals surface area contributed by atoms with Crippen LogP contribution in [-0.4, -0.2) is 29.1 Å². The lowest BCUT2D eigenvalue weighted by molar-refractivity contribution is -0.154. The van der Waals surface area contributed by atoms with E-state index in [4.69, 9.17) is 9.84 Å². The number of aliphatic carboxylic acids is 1. The van der Waals surface area contributed by atoms with Crippen LogP contribution in [0.1, 0.15) is 27.2 Å². The number of hydrogen-bond donors (Lipinski definition) is 2. The Morgan fingerprint density at radius 1 is 1.53 bits per heavy atom. The van der Waals surface area contributed by atoms with Crippen molar-refractivity contribution in [2.75, 3.05) is 6.61 Å². The van der Waals surface area contributed by atoms with Crippen LogP contribution in [0.3, 0.4) is 0 Å². The smallest absolute Gasteiger partial charge is 0.307 e. The van der Waals surface area contributed by atoms with Gasteiger partial charge in [0.2, 0.25) is 0 Å². The molecule has 1 aliphatic rings. The van der Waals surface area contributed by atoms with Crippen molar-refractivity contribution in [2.24, 2.45) is 23.7 Å². The van der Waals surface area contributed by atoms with Gasteiger partial charge >= 0.3 is 5.97 Å². The minimum atomic E-state index is -0.918. The van der Waals surface area contributed by atoms with E-state index >= 15 is 0 Å². The van der Waals surface area contributed by atoms with E-state index in [-0.39, 0.29) is 17.8 Å². The molecule has 0 spiro atoms. The van der Waals surface area contributed by atoms with Gasteiger partial charge in [-0.1, -0.05) is 27.2 Å². The fourth-order valence-corrected chi connectivity index (χ4v) is 2.43. The molecule has 1 heterocycles. The van der Waals surface area contributed by atoms with E-state index in [0.717, 1.165) is 6.42 Å². The van der Waals surface area contributed by atoms with E-state index in [9.17, 15) is 9.90 Å². The number of carboxylic acid groups (broad SMARTS) is 1. The SMILES string of the molecule is CCC1COC(O)C1C(C(=O)O)C(C)C. The lowest BCUT2D eigenvalue weighted by atomic mass is 9.76. The molecule has 0 amide bonds. The molecular formula is C11H20O4. The van der Waals surface area contributed by atoms with Crippen LogP contribution in [0.4, 0.5) is 0 Å². The van der Waals surface area contributed by atoms with Gasteiger partial charge in [0.25, 0.3) is 0 Å². The maximum Gasteiger partial charge on any atom is 0.307 e. The maximum absolute atomic E-state index is 11.2. The molecule has 4 unspecified atom stereocenters. The first-order valence-electron chi connectivity index (χ1n) is 5.51. The quantitative estimate of drug-likeness (QED) is 0.744. The van der Waals surface area contributed by atoms with Gasteiger partial charge in [0, 0.05) is 5.92 Å². The van der Waals surface area contributed by atoms with Gasteiger partial charge in [0.05, 0.1) is 12.5 Å². The first kappa shape index (κ1) is 12.5. The van der Waals surface area contributed by atoms with Gasteiger partial charge in [-0.15, -0.1) is 0 Å². The molecule has 0 aromatic rings. The predicted octanol–water partition coefficient (Wildman–Crippen LogP) is 1.33. The molecule has 4 nitrogen and oxygen atoms in total. The van der Waals surface area contributed by atoms with Crippen molar-refractivity contribution >= 4 is 5.97 Å². The number of carboxylic acids is 1. The monoisotopic (exact) mass is 216 g/mol. The van der Waals surface area contributed by atoms with Crippen molar-refractivity contribution in [3.63, 3.8) is 0 Å². The molecule has 1 fully saturated rings. The summed E-state index contributed by atoms with van der Waals surface area (Å²) in [5.74, 6) is -1.46. The van der Waals surface area contributed by atoms with Gasteiger partial charge in [-0.05, 0) is 11.8 Å². The summed E-state index contributed by atoms with van der Waals surface area (Å²) in [7, 11) is 0. The number of ether oxygens (including phenoxy) is 1. The van der Waals surface area contributed by atoms with Crippen molar-refractivity contribution < 1.29 is 19.7 Å². The summed E-state index contributed by atoms with van der Waals surface area (Å²) >= 11 is 0. The fourth-order valence-electron chi connectivity index (χ4n) is 2.43. The first-order chi connectivity index (χ1) is 6.99. The zero-order valence-electron chi connectivity index (χ0n) is 9.51. The highest BCUT2D eigenvalue weighted by atomic mass is 16.6. The Hall–Kier alpha value is -0.610. The third kappa shape index (κ3) is 2.49. The summed E-state index contributed by atoms with van der Waals surface area (Å²) < 4.78 is 5.14. The number of hydrogen-bond acceptors (Lipinski definition) is 3. The van der Waals surface area contributed by atoms with Gasteiger partial charge < -0.3 is 14.9 Å². The van der Waals surface area contributed by atoms with Crippen molar-refractivity contribution in [1.29, 1.82) is 0 Å². The molecule has 1 saturated heterocycles. The van der Waals surface area contributed by atoms with Crippen LogP contribution in [0.2, 0.25) is 0 Å². The molecule has 0 saturated carbocycles. The summed E-state index contributed by atoms with van der Waals surface area (Å²) in [6.07, 6.45) is -0.0726. The Bertz CT molecular complexity index is 227. The molecule has 1 aliphatic heterocycles. The summed E-state index contributed by atoms with van der Waals surface area (Å²) in [6, 6.07) is 0. The molecule has 0 aliphatic carbocycles. The Morgan fingerprint density at radius 3 is 2.53 bits per heavy atom. The van der Waals surface area contributed by atoms with Crippen LogP contribution in [0.5, 0.6) is 0 Å². The molecule has 0 aromatic carbocycles. The number of carbonyl (C=O) groups is 1. The van der Waals surface area contributed by atoms with Crippen molar-refractivity contribution in [1.82, 2.24) is 0 Å². The topological polar surface area (TPSA) is 66.8 Å². The maximum atomic E-state index is 11.2. The summed E-state index contributed by atoms with van der Waals surface area (Å²) in [6.45, 7) is 6.21. The second-order valence-corrected chi connectivity index (χ2v) is 4.58. The fraction of sp³-hybridized carbons (Fsp3) is 0.909. The Balaban J connectivity index is 2.85. The van der Waals surface area contributed by atoms with E-state index in [1.54, 1.807) is 0 Å². The van der Waals surface area contributed by atoms with E-state index in [2.05, 4.69) is 0 Å². The zero-order chi connectivity index (χ0) is 11.6. The highest BCUT2D eigenvalue weighted by Gasteiger charge is 2.44. The van der Waals surface area contributed by atoms with Gasteiger partial charge in [-0.25, -0.2) is 0 Å². The third-order valence-electron chi connectivity index (χ3n) is 3.30. The Labute approximate surface area is 90.2 Å². The van der Waals surface area contributed by atoms with E-state index in [0.29, 0.717) is 6.61 Å². The summed E-state index contributed by atoms with van der Waals surface area (Å²) in [5.41, 5.74) is 0. The molecule has 4 heteroatoms. The highest BCUT2D eigenvalue weighted by molar-refractivity contribution is 5.70. The van der Waals surface area contributed by atoms with Crippen LogP contribution >= 0.6 is 0 Å². The van der Waals surface area contributed by atoms with Crippen molar-refractivity contribution in [3.8, 4) is 0 Å². The van der Waals surface area contributed by atoms with E-state index in [1.807, 2.05) is 20.8 Å². The Kier molecular flexibility index (Phi) is 4.11. The zero-order valence-corrected chi connectivity index (χ0v) is 9.51. The van der Waals surface area contributed by atoms with E-state index in [1.165, 1.54) is 0 Å². The summed E-state index contributed by atoms with van der Waals surface area (Å²) in [5, 5.41) is 18.8. The largest absolute Gasteiger partial charge is 0.481 e. The molecule has 4 atom stereocenters. The average Bonchev–Trinajstić information content (AvgIpc) is 2.47. The molecule has 0 radical (unpaired) electrons. The number of rotatable bonds is 4. The van der Waals surface area contributed by atoms with E-state index < -0.39 is 18.2 Å². The third-order valence-corrected chi connectivity index (χ3v) is 3.30. The van der Waals surface area contributed by atoms with Gasteiger partial charge in [-0.2, -0.15) is 0 Å². The lowest BCUT2D eigenvalue weighted by Crippen LogP contribution is -2.36. The molecule has 0 aromatic heterocycles. The van der Waals surface area contributed by atoms with Gasteiger partial charge in [0.15, 0.2) is 6.29 Å². The van der Waals surface area contributed by atoms with Crippen LogP contribution in [0.25, 0.3) is 0 Å². The van der Waals surface area contributed by atoms with Crippen LogP contribution in [-0.2, 0) is 9.53 Å². The second kappa shape index (κ2) is 4.94. The minimum Gasteiger partial charge on any atom is -0.481 e. The normalized spacial score (nSPS) is 33.3. The Morgan fingerprint density at radius 2 is 2.13 bits per heavy atom. The van der Waals surface area contributed by atoms with Crippen LogP contribution in [0.15, 0.2) is 0 Å². The highest BCUT2D eigenvalue weighted by Crippen LogP contribution is 2.37. The molecular weight excluding hydrogens is 196 g/mol. The molecule has 2 N–H and O–H groups in total. The molecule has 0 bridgehead atoms. The number of aliphatic hydroxyl groups is 1. The summed E-state index contributed by atoms with van der Waals surface area (Å²) in [4.78, 5) is 11.2. The minimum absolute atomic E-state index is 0.0119. The predicted molar refractivity (Wildman–Crippen MR) is 55.2 cm³/mol.